The minimum atomic E-state index is -0.410. The molecule has 2 aliphatic heterocycles. The average molecular weight is 379 g/mol. The van der Waals surface area contributed by atoms with Crippen LogP contribution in [0.4, 0.5) is 10.1 Å². The first kappa shape index (κ1) is 17.2. The maximum Gasteiger partial charge on any atom is 0.171 e. The summed E-state index contributed by atoms with van der Waals surface area (Å²) in [5.41, 5.74) is 5.09. The molecule has 0 aromatic carbocycles. The van der Waals surface area contributed by atoms with Crippen molar-refractivity contribution in [2.24, 2.45) is 0 Å². The maximum absolute atomic E-state index is 14.5. The Hall–Kier alpha value is -2.92. The third-order valence-corrected chi connectivity index (χ3v) is 5.90. The first-order chi connectivity index (χ1) is 13.5. The Bertz CT molecular complexity index is 1120. The monoisotopic (exact) mass is 379 g/mol. The lowest BCUT2D eigenvalue weighted by molar-refractivity contribution is 0.417. The SMILES string of the molecule is C[C@@H]1Cc2c(nn3c2CN(c2ccc(C#N)n4ncc(F)c24)C[C@H]3C)[C@H](C)N1. The van der Waals surface area contributed by atoms with E-state index in [-0.39, 0.29) is 12.1 Å². The number of pyridine rings is 1. The molecule has 0 radical (unpaired) electrons. The first-order valence-electron chi connectivity index (χ1n) is 9.65. The van der Waals surface area contributed by atoms with Crippen LogP contribution in [0.15, 0.2) is 18.3 Å². The van der Waals surface area contributed by atoms with E-state index in [9.17, 15) is 9.65 Å². The van der Waals surface area contributed by atoms with E-state index in [0.29, 0.717) is 23.8 Å². The number of aromatic nitrogens is 4. The van der Waals surface area contributed by atoms with Crippen molar-refractivity contribution in [1.29, 1.82) is 5.26 Å². The Kier molecular flexibility index (Phi) is 3.71. The average Bonchev–Trinajstić information content (AvgIpc) is 3.23. The molecule has 1 N–H and O–H groups in total. The maximum atomic E-state index is 14.5. The lowest BCUT2D eigenvalue weighted by Crippen LogP contribution is -2.38. The van der Waals surface area contributed by atoms with Crippen molar-refractivity contribution in [3.63, 3.8) is 0 Å². The number of hydrogen-bond donors (Lipinski definition) is 1. The van der Waals surface area contributed by atoms with Crippen LogP contribution >= 0.6 is 0 Å². The van der Waals surface area contributed by atoms with Crippen molar-refractivity contribution in [1.82, 2.24) is 24.7 Å². The minimum absolute atomic E-state index is 0.165. The Morgan fingerprint density at radius 1 is 1.29 bits per heavy atom. The highest BCUT2D eigenvalue weighted by molar-refractivity contribution is 5.75. The molecular weight excluding hydrogens is 357 g/mol. The first-order valence-corrected chi connectivity index (χ1v) is 9.65. The molecule has 0 aliphatic carbocycles. The third kappa shape index (κ3) is 2.36. The van der Waals surface area contributed by atoms with Gasteiger partial charge in [0.15, 0.2) is 5.82 Å². The van der Waals surface area contributed by atoms with Crippen LogP contribution < -0.4 is 10.2 Å². The molecule has 3 aromatic heterocycles. The number of fused-ring (bicyclic) bond motifs is 4. The summed E-state index contributed by atoms with van der Waals surface area (Å²) >= 11 is 0. The number of rotatable bonds is 1. The molecule has 0 saturated carbocycles. The van der Waals surface area contributed by atoms with E-state index in [1.807, 2.05) is 6.07 Å². The zero-order chi connectivity index (χ0) is 19.6. The van der Waals surface area contributed by atoms with Crippen molar-refractivity contribution >= 4 is 11.2 Å². The van der Waals surface area contributed by atoms with Crippen molar-refractivity contribution in [3.05, 3.63) is 46.8 Å². The van der Waals surface area contributed by atoms with Gasteiger partial charge in [-0.05, 0) is 39.3 Å². The fraction of sp³-hybridized carbons (Fsp3) is 0.450. The molecule has 0 spiro atoms. The summed E-state index contributed by atoms with van der Waals surface area (Å²) in [5, 5.41) is 21.8. The van der Waals surface area contributed by atoms with E-state index >= 15 is 0 Å². The summed E-state index contributed by atoms with van der Waals surface area (Å²) < 4.78 is 18.1. The van der Waals surface area contributed by atoms with Gasteiger partial charge in [0.05, 0.1) is 35.9 Å². The van der Waals surface area contributed by atoms with E-state index in [1.165, 1.54) is 22.0 Å². The molecule has 2 aliphatic rings. The van der Waals surface area contributed by atoms with Gasteiger partial charge in [0.25, 0.3) is 0 Å². The topological polar surface area (TPSA) is 74.2 Å². The standard InChI is InChI=1S/C20H22FN7/c1-11-6-15-18-10-26(9-12(2)27(18)25-19(15)13(3)24-11)17-5-4-14(7-22)28-20(17)16(21)8-23-28/h4-5,8,11-13,24H,6,9-10H2,1-3H3/t11-,12-,13+/m1/s1. The van der Waals surface area contributed by atoms with Crippen LogP contribution in [0, 0.1) is 17.1 Å². The number of anilines is 1. The normalized spacial score (nSPS) is 24.1. The van der Waals surface area contributed by atoms with E-state index in [1.54, 1.807) is 6.07 Å². The van der Waals surface area contributed by atoms with E-state index < -0.39 is 5.82 Å². The zero-order valence-electron chi connectivity index (χ0n) is 16.1. The van der Waals surface area contributed by atoms with E-state index in [0.717, 1.165) is 24.3 Å². The minimum Gasteiger partial charge on any atom is -0.362 e. The smallest absolute Gasteiger partial charge is 0.171 e. The molecule has 3 aromatic rings. The summed E-state index contributed by atoms with van der Waals surface area (Å²) in [6.45, 7) is 7.87. The van der Waals surface area contributed by atoms with Crippen LogP contribution in [0.5, 0.6) is 0 Å². The highest BCUT2D eigenvalue weighted by Crippen LogP contribution is 2.36. The molecule has 0 unspecified atom stereocenters. The van der Waals surface area contributed by atoms with Crippen molar-refractivity contribution < 1.29 is 4.39 Å². The molecule has 0 bridgehead atoms. The van der Waals surface area contributed by atoms with E-state index in [2.05, 4.69) is 46.8 Å². The van der Waals surface area contributed by atoms with Gasteiger partial charge in [-0.1, -0.05) is 0 Å². The van der Waals surface area contributed by atoms with Crippen molar-refractivity contribution in [2.75, 3.05) is 11.4 Å². The molecule has 0 saturated heterocycles. The quantitative estimate of drug-likeness (QED) is 0.704. The van der Waals surface area contributed by atoms with E-state index in [4.69, 9.17) is 5.10 Å². The molecule has 0 amide bonds. The summed E-state index contributed by atoms with van der Waals surface area (Å²) in [4.78, 5) is 2.18. The molecule has 3 atom stereocenters. The van der Waals surface area contributed by atoms with Crippen molar-refractivity contribution in [2.45, 2.75) is 51.9 Å². The molecule has 0 fully saturated rings. The van der Waals surface area contributed by atoms with Gasteiger partial charge in [-0.3, -0.25) is 4.68 Å². The summed E-state index contributed by atoms with van der Waals surface area (Å²) in [6, 6.07) is 6.40. The largest absolute Gasteiger partial charge is 0.362 e. The van der Waals surface area contributed by atoms with Gasteiger partial charge in [-0.15, -0.1) is 0 Å². The molecule has 5 rings (SSSR count). The number of hydrogen-bond acceptors (Lipinski definition) is 5. The predicted octanol–water partition coefficient (Wildman–Crippen LogP) is 2.72. The molecule has 7 nitrogen and oxygen atoms in total. The summed E-state index contributed by atoms with van der Waals surface area (Å²) in [5.74, 6) is -0.410. The van der Waals surface area contributed by atoms with Crippen LogP contribution in [0.1, 0.15) is 55.5 Å². The van der Waals surface area contributed by atoms with Crippen LogP contribution in [0.3, 0.4) is 0 Å². The fourth-order valence-corrected chi connectivity index (χ4v) is 4.71. The molecule has 8 heteroatoms. The Morgan fingerprint density at radius 3 is 2.89 bits per heavy atom. The number of halogens is 1. The van der Waals surface area contributed by atoms with Gasteiger partial charge in [0, 0.05) is 24.2 Å². The van der Waals surface area contributed by atoms with Gasteiger partial charge in [-0.25, -0.2) is 8.91 Å². The van der Waals surface area contributed by atoms with Gasteiger partial charge < -0.3 is 10.2 Å². The second-order valence-corrected chi connectivity index (χ2v) is 7.95. The molecule has 5 heterocycles. The van der Waals surface area contributed by atoms with Crippen LogP contribution in [-0.2, 0) is 13.0 Å². The lowest BCUT2D eigenvalue weighted by atomic mass is 9.95. The van der Waals surface area contributed by atoms with Gasteiger partial charge in [0.1, 0.15) is 17.3 Å². The van der Waals surface area contributed by atoms with Crippen LogP contribution in [0.2, 0.25) is 0 Å². The van der Waals surface area contributed by atoms with Crippen molar-refractivity contribution in [3.8, 4) is 6.07 Å². The van der Waals surface area contributed by atoms with Gasteiger partial charge >= 0.3 is 0 Å². The Labute approximate surface area is 162 Å². The summed E-state index contributed by atoms with van der Waals surface area (Å²) in [7, 11) is 0. The molecular formula is C20H22FN7. The third-order valence-electron chi connectivity index (χ3n) is 5.90. The zero-order valence-corrected chi connectivity index (χ0v) is 16.1. The highest BCUT2D eigenvalue weighted by atomic mass is 19.1. The molecule has 144 valence electrons. The number of nitrogens with zero attached hydrogens (tertiary/aromatic N) is 6. The summed E-state index contributed by atoms with van der Waals surface area (Å²) in [6.07, 6.45) is 2.12. The predicted molar refractivity (Wildman–Crippen MR) is 103 cm³/mol. The Balaban J connectivity index is 1.62. The van der Waals surface area contributed by atoms with Crippen LogP contribution in [0.25, 0.3) is 5.52 Å². The Morgan fingerprint density at radius 2 is 2.11 bits per heavy atom. The lowest BCUT2D eigenvalue weighted by Gasteiger charge is -2.35. The number of nitrogens with one attached hydrogen (secondary N) is 1. The van der Waals surface area contributed by atoms with Gasteiger partial charge in [0.2, 0.25) is 0 Å². The second-order valence-electron chi connectivity index (χ2n) is 7.95. The second kappa shape index (κ2) is 6.04. The number of nitriles is 1. The van der Waals surface area contributed by atoms with Crippen LogP contribution in [-0.4, -0.2) is 32.0 Å². The molecule has 28 heavy (non-hydrogen) atoms. The highest BCUT2D eigenvalue weighted by Gasteiger charge is 2.34. The fourth-order valence-electron chi connectivity index (χ4n) is 4.71. The van der Waals surface area contributed by atoms with Gasteiger partial charge in [-0.2, -0.15) is 15.5 Å².